The Hall–Kier alpha value is -3.70. The van der Waals surface area contributed by atoms with Crippen LogP contribution in [0.5, 0.6) is 0 Å². The number of aromatic nitrogens is 2. The number of nitrogen functional groups attached to an aromatic ring is 1. The number of hydrogen-bond acceptors (Lipinski definition) is 6. The Morgan fingerprint density at radius 1 is 1.25 bits per heavy atom. The van der Waals surface area contributed by atoms with Crippen molar-refractivity contribution >= 4 is 74.3 Å². The Balaban J connectivity index is 0.000000256. The molecule has 0 fully saturated rings. The van der Waals surface area contributed by atoms with Crippen molar-refractivity contribution in [3.8, 4) is 11.1 Å². The standard InChI is InChI=1S/C19H15FN4OS.C6H6BClO2/c1-22-15(25)3-2-11-8-24-19(21)16-13(9-26-18(11)16)12-6-10-4-5-23-17(10)14(20)7-12;8-6-3-1-5(2-4-6)7(9)10/h2-9,23H,1H3,(H2,21,24)(H,22,25);1-4,9-10H. The van der Waals surface area contributed by atoms with Crippen LogP contribution in [0.1, 0.15) is 5.56 Å². The quantitative estimate of drug-likeness (QED) is 0.181. The predicted octanol–water partition coefficient (Wildman–Crippen LogP) is 3.94. The van der Waals surface area contributed by atoms with Crippen molar-refractivity contribution in [1.29, 1.82) is 0 Å². The number of nitrogens with one attached hydrogen (secondary N) is 2. The molecule has 3 aromatic heterocycles. The molecule has 0 atom stereocenters. The fourth-order valence-electron chi connectivity index (χ4n) is 3.58. The van der Waals surface area contributed by atoms with E-state index in [0.29, 0.717) is 21.8 Å². The highest BCUT2D eigenvalue weighted by molar-refractivity contribution is 7.18. The first-order valence-corrected chi connectivity index (χ1v) is 12.0. The molecule has 0 bridgehead atoms. The van der Waals surface area contributed by atoms with Crippen molar-refractivity contribution in [2.45, 2.75) is 0 Å². The van der Waals surface area contributed by atoms with Gasteiger partial charge in [0, 0.05) is 57.1 Å². The Morgan fingerprint density at radius 2 is 2.00 bits per heavy atom. The molecule has 6 N–H and O–H groups in total. The third-order valence-corrected chi connectivity index (χ3v) is 6.68. The maximum absolute atomic E-state index is 14.4. The van der Waals surface area contributed by atoms with Crippen LogP contribution in [0, 0.1) is 5.82 Å². The van der Waals surface area contributed by atoms with Gasteiger partial charge in [-0.05, 0) is 52.8 Å². The van der Waals surface area contributed by atoms with E-state index in [-0.39, 0.29) is 11.7 Å². The number of hydrogen-bond donors (Lipinski definition) is 5. The van der Waals surface area contributed by atoms with E-state index < -0.39 is 7.12 Å². The molecule has 182 valence electrons. The Bertz CT molecular complexity index is 1570. The lowest BCUT2D eigenvalue weighted by atomic mass is 9.81. The van der Waals surface area contributed by atoms with Gasteiger partial charge in [0.2, 0.25) is 5.91 Å². The number of thiophene rings is 1. The summed E-state index contributed by atoms with van der Waals surface area (Å²) in [6.45, 7) is 0. The molecule has 0 unspecified atom stereocenters. The van der Waals surface area contributed by atoms with Gasteiger partial charge in [0.1, 0.15) is 11.6 Å². The van der Waals surface area contributed by atoms with Crippen LogP contribution < -0.4 is 16.5 Å². The monoisotopic (exact) mass is 522 g/mol. The smallest absolute Gasteiger partial charge is 0.423 e. The summed E-state index contributed by atoms with van der Waals surface area (Å²) >= 11 is 7.04. The van der Waals surface area contributed by atoms with Gasteiger partial charge in [-0.1, -0.05) is 23.7 Å². The molecule has 5 rings (SSSR count). The van der Waals surface area contributed by atoms with Gasteiger partial charge in [-0.2, -0.15) is 0 Å². The van der Waals surface area contributed by atoms with Gasteiger partial charge in [-0.15, -0.1) is 11.3 Å². The largest absolute Gasteiger partial charge is 0.488 e. The van der Waals surface area contributed by atoms with Crippen LogP contribution in [-0.4, -0.2) is 40.1 Å². The zero-order chi connectivity index (χ0) is 25.8. The van der Waals surface area contributed by atoms with Crippen LogP contribution in [0.15, 0.2) is 66.3 Å². The van der Waals surface area contributed by atoms with Gasteiger partial charge in [-0.25, -0.2) is 9.37 Å². The maximum Gasteiger partial charge on any atom is 0.488 e. The fourth-order valence-corrected chi connectivity index (χ4v) is 4.79. The van der Waals surface area contributed by atoms with E-state index in [4.69, 9.17) is 27.4 Å². The van der Waals surface area contributed by atoms with E-state index in [1.54, 1.807) is 49.8 Å². The number of carbonyl (C=O) groups excluding carboxylic acids is 1. The first-order valence-electron chi connectivity index (χ1n) is 10.7. The minimum atomic E-state index is -1.41. The molecule has 0 saturated carbocycles. The van der Waals surface area contributed by atoms with Crippen LogP contribution >= 0.6 is 22.9 Å². The number of rotatable bonds is 4. The van der Waals surface area contributed by atoms with E-state index >= 15 is 0 Å². The number of pyridine rings is 1. The highest BCUT2D eigenvalue weighted by Gasteiger charge is 2.15. The number of nitrogens with zero attached hydrogens (tertiary/aromatic N) is 1. The molecule has 11 heteroatoms. The molecule has 36 heavy (non-hydrogen) atoms. The number of nitrogens with two attached hydrogens (primary N) is 1. The normalized spacial score (nSPS) is 11.0. The Kier molecular flexibility index (Phi) is 7.71. The average Bonchev–Trinajstić information content (AvgIpc) is 3.52. The molecule has 0 aliphatic carbocycles. The third kappa shape index (κ3) is 5.42. The summed E-state index contributed by atoms with van der Waals surface area (Å²) in [5, 5.41) is 23.9. The van der Waals surface area contributed by atoms with Crippen molar-refractivity contribution in [3.05, 3.63) is 82.7 Å². The maximum atomic E-state index is 14.4. The van der Waals surface area contributed by atoms with Gasteiger partial charge in [0.15, 0.2) is 0 Å². The van der Waals surface area contributed by atoms with Crippen LogP contribution in [-0.2, 0) is 4.79 Å². The Morgan fingerprint density at radius 3 is 2.69 bits per heavy atom. The van der Waals surface area contributed by atoms with Crippen LogP contribution in [0.2, 0.25) is 5.02 Å². The van der Waals surface area contributed by atoms with E-state index in [2.05, 4.69) is 15.3 Å². The summed E-state index contributed by atoms with van der Waals surface area (Å²) < 4.78 is 15.3. The van der Waals surface area contributed by atoms with Crippen molar-refractivity contribution in [2.24, 2.45) is 0 Å². The minimum Gasteiger partial charge on any atom is -0.423 e. The lowest BCUT2D eigenvalue weighted by Gasteiger charge is -2.05. The molecule has 0 radical (unpaired) electrons. The van der Waals surface area contributed by atoms with Crippen molar-refractivity contribution in [3.63, 3.8) is 0 Å². The molecule has 7 nitrogen and oxygen atoms in total. The number of benzene rings is 2. The molecule has 3 heterocycles. The number of carbonyl (C=O) groups is 1. The van der Waals surface area contributed by atoms with Gasteiger partial charge in [0.05, 0.1) is 5.52 Å². The van der Waals surface area contributed by atoms with Gasteiger partial charge in [0.25, 0.3) is 0 Å². The van der Waals surface area contributed by atoms with E-state index in [9.17, 15) is 9.18 Å². The van der Waals surface area contributed by atoms with E-state index in [1.807, 2.05) is 17.5 Å². The lowest BCUT2D eigenvalue weighted by Crippen LogP contribution is -2.29. The van der Waals surface area contributed by atoms with Crippen molar-refractivity contribution < 1.29 is 19.2 Å². The number of fused-ring (bicyclic) bond motifs is 2. The topological polar surface area (TPSA) is 124 Å². The summed E-state index contributed by atoms with van der Waals surface area (Å²) in [6.07, 6.45) is 6.48. The Labute approximate surface area is 215 Å². The van der Waals surface area contributed by atoms with Crippen LogP contribution in [0.25, 0.3) is 38.2 Å². The highest BCUT2D eigenvalue weighted by Crippen LogP contribution is 2.40. The number of H-pyrrole nitrogens is 1. The lowest BCUT2D eigenvalue weighted by molar-refractivity contribution is -0.115. The predicted molar refractivity (Wildman–Crippen MR) is 146 cm³/mol. The molecule has 0 saturated heterocycles. The van der Waals surface area contributed by atoms with E-state index in [0.717, 1.165) is 32.2 Å². The summed E-state index contributed by atoms with van der Waals surface area (Å²) in [6, 6.07) is 11.6. The molecule has 2 aromatic carbocycles. The fraction of sp³-hybridized carbons (Fsp3) is 0.0400. The number of likely N-dealkylation sites (N-methyl/N-ethyl adjacent to an activating group) is 1. The minimum absolute atomic E-state index is 0.202. The summed E-state index contributed by atoms with van der Waals surface area (Å²) in [5.41, 5.74) is 9.39. The number of aromatic amines is 1. The van der Waals surface area contributed by atoms with Gasteiger partial charge < -0.3 is 26.1 Å². The van der Waals surface area contributed by atoms with Crippen LogP contribution in [0.4, 0.5) is 10.2 Å². The number of amides is 1. The van der Waals surface area contributed by atoms with Gasteiger partial charge >= 0.3 is 7.12 Å². The number of anilines is 1. The second-order valence-electron chi connectivity index (χ2n) is 7.73. The summed E-state index contributed by atoms with van der Waals surface area (Å²) in [7, 11) is 0.163. The third-order valence-electron chi connectivity index (χ3n) is 5.40. The molecular weight excluding hydrogens is 502 g/mol. The first kappa shape index (κ1) is 25.4. The molecule has 5 aromatic rings. The van der Waals surface area contributed by atoms with Crippen molar-refractivity contribution in [1.82, 2.24) is 15.3 Å². The highest BCUT2D eigenvalue weighted by atomic mass is 35.5. The number of halogens is 2. The molecule has 0 aliphatic heterocycles. The van der Waals surface area contributed by atoms with E-state index in [1.165, 1.54) is 23.5 Å². The second-order valence-corrected chi connectivity index (χ2v) is 9.04. The SMILES string of the molecule is CNC(=O)C=Cc1cnc(N)c2c(-c3cc(F)c4[nH]ccc4c3)csc12.OB(O)c1ccc(Cl)cc1. The molecule has 0 aliphatic rings. The molecule has 1 amide bonds. The summed E-state index contributed by atoms with van der Waals surface area (Å²) in [4.78, 5) is 18.6. The van der Waals surface area contributed by atoms with Crippen LogP contribution in [0.3, 0.4) is 0 Å². The summed E-state index contributed by atoms with van der Waals surface area (Å²) in [5.74, 6) is -0.140. The second kappa shape index (κ2) is 10.9. The molecular formula is C25H21BClFN4O3S. The van der Waals surface area contributed by atoms with Gasteiger partial charge in [-0.3, -0.25) is 4.79 Å². The zero-order valence-corrected chi connectivity index (χ0v) is 20.6. The zero-order valence-electron chi connectivity index (χ0n) is 19.0. The molecule has 0 spiro atoms. The van der Waals surface area contributed by atoms with Crippen molar-refractivity contribution in [2.75, 3.05) is 12.8 Å². The first-order chi connectivity index (χ1) is 17.3. The average molecular weight is 523 g/mol.